The third-order valence-electron chi connectivity index (χ3n) is 6.67. The van der Waals surface area contributed by atoms with E-state index in [0.717, 1.165) is 16.5 Å². The maximum absolute atomic E-state index is 13.1. The van der Waals surface area contributed by atoms with E-state index in [1.165, 1.54) is 0 Å². The number of nitrogens with zero attached hydrogens (tertiary/aromatic N) is 2. The molecule has 37 heavy (non-hydrogen) atoms. The highest BCUT2D eigenvalue weighted by atomic mass is 16.5. The third kappa shape index (κ3) is 5.17. The maximum Gasteiger partial charge on any atom is 0.292 e. The van der Waals surface area contributed by atoms with Gasteiger partial charge < -0.3 is 24.5 Å². The highest BCUT2D eigenvalue weighted by Gasteiger charge is 2.23. The van der Waals surface area contributed by atoms with Crippen LogP contribution in [0.1, 0.15) is 21.5 Å². The minimum absolute atomic E-state index is 0.0664. The minimum Gasteiger partial charge on any atom is -0.378 e. The number of H-pyrrole nitrogens is 1. The van der Waals surface area contributed by atoms with Crippen LogP contribution in [0.5, 0.6) is 0 Å². The Balaban J connectivity index is 1.28. The molecule has 2 amide bonds. The molecule has 2 N–H and O–H groups in total. The summed E-state index contributed by atoms with van der Waals surface area (Å²) in [5, 5.41) is 4.16. The summed E-state index contributed by atoms with van der Waals surface area (Å²) in [5.74, 6) is -1.50. The number of para-hydroxylation sites is 1. The standard InChI is InChI=1S/C28H28N4O5/c1-18-6-7-19-15-20(27(35)30-23(19)14-18)8-9-29-28(36)26(34)22-16-32(24-5-3-2-4-21(22)24)17-25(33)31-10-12-37-13-11-31/h2-7,14-16H,8-13,17H2,1H3,(H,29,36)(H,30,35). The molecule has 9 nitrogen and oxygen atoms in total. The van der Waals surface area contributed by atoms with Crippen molar-refractivity contribution in [3.63, 3.8) is 0 Å². The minimum atomic E-state index is -0.754. The number of Topliss-reactive ketones (excluding diaryl/α,β-unsaturated/α-hetero) is 1. The van der Waals surface area contributed by atoms with Gasteiger partial charge in [-0.05, 0) is 42.5 Å². The van der Waals surface area contributed by atoms with Gasteiger partial charge in [0.1, 0.15) is 6.54 Å². The largest absolute Gasteiger partial charge is 0.378 e. The number of rotatable bonds is 7. The lowest BCUT2D eigenvalue weighted by Crippen LogP contribution is -2.42. The maximum atomic E-state index is 13.1. The van der Waals surface area contributed by atoms with Crippen LogP contribution in [0, 0.1) is 6.92 Å². The molecule has 4 aromatic rings. The van der Waals surface area contributed by atoms with Gasteiger partial charge in [0.25, 0.3) is 17.2 Å². The van der Waals surface area contributed by atoms with Crippen molar-refractivity contribution in [3.05, 3.63) is 81.8 Å². The lowest BCUT2D eigenvalue weighted by Gasteiger charge is -2.27. The van der Waals surface area contributed by atoms with Gasteiger partial charge in [0.05, 0.1) is 18.8 Å². The van der Waals surface area contributed by atoms with Crippen molar-refractivity contribution < 1.29 is 19.1 Å². The van der Waals surface area contributed by atoms with Crippen LogP contribution in [0.2, 0.25) is 0 Å². The van der Waals surface area contributed by atoms with Gasteiger partial charge >= 0.3 is 0 Å². The Bertz CT molecular complexity index is 1560. The van der Waals surface area contributed by atoms with Gasteiger partial charge in [-0.1, -0.05) is 30.3 Å². The molecule has 0 aliphatic carbocycles. The summed E-state index contributed by atoms with van der Waals surface area (Å²) >= 11 is 0. The second kappa shape index (κ2) is 10.4. The van der Waals surface area contributed by atoms with Gasteiger partial charge in [0, 0.05) is 47.8 Å². The molecule has 2 aromatic heterocycles. The molecular formula is C28H28N4O5. The lowest BCUT2D eigenvalue weighted by atomic mass is 10.1. The molecule has 0 bridgehead atoms. The van der Waals surface area contributed by atoms with E-state index >= 15 is 0 Å². The van der Waals surface area contributed by atoms with Gasteiger partial charge in [-0.2, -0.15) is 0 Å². The molecule has 190 valence electrons. The van der Waals surface area contributed by atoms with Crippen LogP contribution in [-0.2, 0) is 27.3 Å². The summed E-state index contributed by atoms with van der Waals surface area (Å²) in [7, 11) is 0. The second-order valence-electron chi connectivity index (χ2n) is 9.23. The van der Waals surface area contributed by atoms with Crippen molar-refractivity contribution in [1.29, 1.82) is 0 Å². The van der Waals surface area contributed by atoms with E-state index in [9.17, 15) is 19.2 Å². The number of benzene rings is 2. The van der Waals surface area contributed by atoms with Crippen LogP contribution in [0.3, 0.4) is 0 Å². The Morgan fingerprint density at radius 1 is 1.05 bits per heavy atom. The topological polar surface area (TPSA) is 114 Å². The lowest BCUT2D eigenvalue weighted by molar-refractivity contribution is -0.135. The number of carbonyl (C=O) groups excluding carboxylic acids is 3. The molecule has 2 aromatic carbocycles. The predicted molar refractivity (Wildman–Crippen MR) is 140 cm³/mol. The van der Waals surface area contributed by atoms with Crippen LogP contribution in [0.15, 0.2) is 59.5 Å². The number of ether oxygens (including phenoxy) is 1. The molecule has 0 saturated carbocycles. The van der Waals surface area contributed by atoms with E-state index in [-0.39, 0.29) is 36.5 Å². The van der Waals surface area contributed by atoms with Gasteiger partial charge in [-0.15, -0.1) is 0 Å². The molecule has 0 unspecified atom stereocenters. The number of fused-ring (bicyclic) bond motifs is 2. The van der Waals surface area contributed by atoms with Crippen molar-refractivity contribution in [2.45, 2.75) is 19.9 Å². The van der Waals surface area contributed by atoms with E-state index in [2.05, 4.69) is 10.3 Å². The Kier molecular flexibility index (Phi) is 6.87. The zero-order valence-corrected chi connectivity index (χ0v) is 20.6. The number of nitrogens with one attached hydrogen (secondary N) is 2. The summed E-state index contributed by atoms with van der Waals surface area (Å²) in [4.78, 5) is 55.7. The third-order valence-corrected chi connectivity index (χ3v) is 6.67. The number of ketones is 1. The number of morpholine rings is 1. The molecule has 1 aliphatic heterocycles. The molecule has 1 fully saturated rings. The first kappa shape index (κ1) is 24.5. The SMILES string of the molecule is Cc1ccc2cc(CCNC(=O)C(=O)c3cn(CC(=O)N4CCOCC4)c4ccccc34)c(=O)[nH]c2c1. The van der Waals surface area contributed by atoms with Crippen LogP contribution in [0.25, 0.3) is 21.8 Å². The number of carbonyl (C=O) groups is 3. The highest BCUT2D eigenvalue weighted by molar-refractivity contribution is 6.45. The number of hydrogen-bond donors (Lipinski definition) is 2. The Labute approximate surface area is 213 Å². The van der Waals surface area contributed by atoms with Gasteiger partial charge in [0.15, 0.2) is 0 Å². The summed E-state index contributed by atoms with van der Waals surface area (Å²) in [6.07, 6.45) is 1.86. The smallest absolute Gasteiger partial charge is 0.292 e. The first-order valence-electron chi connectivity index (χ1n) is 12.3. The predicted octanol–water partition coefficient (Wildman–Crippen LogP) is 2.19. The summed E-state index contributed by atoms with van der Waals surface area (Å²) in [6.45, 7) is 4.24. The van der Waals surface area contributed by atoms with Crippen LogP contribution in [0.4, 0.5) is 0 Å². The fourth-order valence-corrected chi connectivity index (χ4v) is 4.68. The normalized spacial score (nSPS) is 13.7. The van der Waals surface area contributed by atoms with E-state index in [4.69, 9.17) is 4.74 Å². The number of hydrogen-bond acceptors (Lipinski definition) is 5. The van der Waals surface area contributed by atoms with E-state index in [0.29, 0.717) is 42.8 Å². The monoisotopic (exact) mass is 500 g/mol. The first-order valence-corrected chi connectivity index (χ1v) is 12.3. The zero-order valence-electron chi connectivity index (χ0n) is 20.6. The number of amides is 2. The Morgan fingerprint density at radius 2 is 1.84 bits per heavy atom. The number of pyridine rings is 1. The molecule has 1 aliphatic rings. The van der Waals surface area contributed by atoms with E-state index in [1.807, 2.05) is 37.3 Å². The molecular weight excluding hydrogens is 472 g/mol. The van der Waals surface area contributed by atoms with Crippen molar-refractivity contribution in [2.24, 2.45) is 0 Å². The summed E-state index contributed by atoms with van der Waals surface area (Å²) in [5.41, 5.74) is 3.07. The van der Waals surface area contributed by atoms with Crippen LogP contribution < -0.4 is 10.9 Å². The Hall–Kier alpha value is -4.24. The molecule has 0 radical (unpaired) electrons. The van der Waals surface area contributed by atoms with Crippen LogP contribution >= 0.6 is 0 Å². The average Bonchev–Trinajstić information content (AvgIpc) is 3.27. The van der Waals surface area contributed by atoms with Crippen molar-refractivity contribution >= 4 is 39.4 Å². The van der Waals surface area contributed by atoms with Crippen molar-refractivity contribution in [3.8, 4) is 0 Å². The zero-order chi connectivity index (χ0) is 25.9. The second-order valence-corrected chi connectivity index (χ2v) is 9.23. The molecule has 0 atom stereocenters. The summed E-state index contributed by atoms with van der Waals surface area (Å²) < 4.78 is 7.03. The Morgan fingerprint density at radius 3 is 2.65 bits per heavy atom. The molecule has 5 rings (SSSR count). The van der Waals surface area contributed by atoms with Crippen molar-refractivity contribution in [2.75, 3.05) is 32.8 Å². The number of aromatic amines is 1. The fourth-order valence-electron chi connectivity index (χ4n) is 4.68. The number of aryl methyl sites for hydroxylation is 1. The molecule has 0 spiro atoms. The fraction of sp³-hybridized carbons (Fsp3) is 0.286. The average molecular weight is 501 g/mol. The molecule has 1 saturated heterocycles. The molecule has 3 heterocycles. The quantitative estimate of drug-likeness (QED) is 0.298. The summed E-state index contributed by atoms with van der Waals surface area (Å²) in [6, 6.07) is 14.8. The van der Waals surface area contributed by atoms with Gasteiger partial charge in [-0.3, -0.25) is 19.2 Å². The van der Waals surface area contributed by atoms with Crippen LogP contribution in [-0.4, -0.2) is 64.9 Å². The van der Waals surface area contributed by atoms with Gasteiger partial charge in [0.2, 0.25) is 5.91 Å². The van der Waals surface area contributed by atoms with E-state index in [1.54, 1.807) is 33.9 Å². The molecule has 9 heteroatoms. The number of aromatic nitrogens is 2. The first-order chi connectivity index (χ1) is 17.9. The highest BCUT2D eigenvalue weighted by Crippen LogP contribution is 2.22. The van der Waals surface area contributed by atoms with Crippen molar-refractivity contribution in [1.82, 2.24) is 19.8 Å². The van der Waals surface area contributed by atoms with E-state index < -0.39 is 11.7 Å². The van der Waals surface area contributed by atoms with Gasteiger partial charge in [-0.25, -0.2) is 0 Å².